The van der Waals surface area contributed by atoms with Gasteiger partial charge in [0.05, 0.1) is 22.3 Å². The molecule has 0 unspecified atom stereocenters. The molecule has 0 radical (unpaired) electrons. The van der Waals surface area contributed by atoms with E-state index in [0.717, 1.165) is 5.75 Å². The van der Waals surface area contributed by atoms with Crippen LogP contribution in [0.3, 0.4) is 0 Å². The number of hydrogen-bond donors (Lipinski definition) is 0. The summed E-state index contributed by atoms with van der Waals surface area (Å²) in [7, 11) is -0.0499. The number of methoxy groups -OCH3 is 1. The van der Waals surface area contributed by atoms with Crippen LogP contribution in [0.4, 0.5) is 5.69 Å². The molecular weight excluding hydrogens is 467 g/mol. The van der Waals surface area contributed by atoms with Gasteiger partial charge in [0, 0.05) is 34.0 Å². The molecule has 0 amide bonds. The van der Waals surface area contributed by atoms with Gasteiger partial charge < -0.3 is 9.64 Å². The summed E-state index contributed by atoms with van der Waals surface area (Å²) in [6.07, 6.45) is 4.79. The van der Waals surface area contributed by atoms with Crippen LogP contribution in [0.5, 0.6) is 5.75 Å². The van der Waals surface area contributed by atoms with Crippen LogP contribution in [0.2, 0.25) is 52.4 Å². The first-order chi connectivity index (χ1) is 15.1. The fourth-order valence-corrected chi connectivity index (χ4v) is 70.1. The molecule has 2 rings (SSSR count). The second kappa shape index (κ2) is 10.3. The van der Waals surface area contributed by atoms with E-state index >= 15 is 0 Å². The summed E-state index contributed by atoms with van der Waals surface area (Å²) in [4.78, 5) is 2.16. The largest absolute Gasteiger partial charge is 0.497 e. The van der Waals surface area contributed by atoms with Crippen molar-refractivity contribution < 1.29 is 4.74 Å². The Morgan fingerprint density at radius 2 is 0.970 bits per heavy atom. The normalized spacial score (nSPS) is 13.7. The second-order valence-corrected chi connectivity index (χ2v) is 51.4. The van der Waals surface area contributed by atoms with E-state index in [0.29, 0.717) is 0 Å². The quantitative estimate of drug-likeness (QED) is 0.321. The number of hydrogen-bond acceptors (Lipinski definition) is 2. The lowest BCUT2D eigenvalue weighted by molar-refractivity contribution is 0.415. The molecule has 6 heteroatoms. The molecule has 2 nitrogen and oxygen atoms in total. The lowest BCUT2D eigenvalue weighted by Gasteiger charge is -2.53. The summed E-state index contributed by atoms with van der Waals surface area (Å²) in [5.41, 5.74) is 9.13. The highest BCUT2D eigenvalue weighted by atomic mass is 29.8. The molecule has 0 saturated carbocycles. The van der Waals surface area contributed by atoms with Crippen molar-refractivity contribution in [2.45, 2.75) is 52.4 Å². The van der Waals surface area contributed by atoms with Crippen LogP contribution in [0.1, 0.15) is 11.1 Å². The average molecular weight is 512 g/mol. The molecule has 2 aromatic rings. The monoisotopic (exact) mass is 511 g/mol. The average Bonchev–Trinajstić information content (AvgIpc) is 2.76. The number of ether oxygens (including phenoxy) is 1. The van der Waals surface area contributed by atoms with Gasteiger partial charge in [-0.2, -0.15) is 0 Å². The number of rotatable bonds is 9. The van der Waals surface area contributed by atoms with Crippen molar-refractivity contribution in [2.75, 3.05) is 26.1 Å². The van der Waals surface area contributed by atoms with Crippen LogP contribution >= 0.6 is 0 Å². The van der Waals surface area contributed by atoms with Crippen molar-refractivity contribution in [2.24, 2.45) is 0 Å². The zero-order valence-corrected chi connectivity index (χ0v) is 26.8. The zero-order valence-electron chi connectivity index (χ0n) is 22.8. The highest BCUT2D eigenvalue weighted by molar-refractivity contribution is 7.84. The van der Waals surface area contributed by atoms with Gasteiger partial charge in [-0.1, -0.05) is 100 Å². The van der Waals surface area contributed by atoms with Crippen LogP contribution in [-0.2, 0) is 0 Å². The van der Waals surface area contributed by atoms with Crippen molar-refractivity contribution in [1.82, 2.24) is 0 Å². The molecule has 0 aliphatic heterocycles. The van der Waals surface area contributed by atoms with Gasteiger partial charge in [-0.25, -0.2) is 0 Å². The maximum Gasteiger partial charge on any atom is 0.118 e. The molecule has 0 spiro atoms. The summed E-state index contributed by atoms with van der Waals surface area (Å²) in [5.74, 6) is 0.919. The van der Waals surface area contributed by atoms with E-state index in [1.165, 1.54) is 16.8 Å². The number of nitrogens with zero attached hydrogens (tertiary/aromatic N) is 1. The molecule has 0 aliphatic carbocycles. The van der Waals surface area contributed by atoms with Gasteiger partial charge >= 0.3 is 0 Å². The predicted octanol–water partition coefficient (Wildman–Crippen LogP) is 7.64. The molecule has 0 atom stereocenters. The zero-order chi connectivity index (χ0) is 25.1. The van der Waals surface area contributed by atoms with E-state index in [1.54, 1.807) is 7.11 Å². The van der Waals surface area contributed by atoms with Crippen LogP contribution in [0.15, 0.2) is 59.9 Å². The topological polar surface area (TPSA) is 12.5 Å². The van der Waals surface area contributed by atoms with Crippen molar-refractivity contribution in [3.63, 3.8) is 0 Å². The Kier molecular flexibility index (Phi) is 8.65. The van der Waals surface area contributed by atoms with Gasteiger partial charge in [0.15, 0.2) is 0 Å². The van der Waals surface area contributed by atoms with E-state index in [-0.39, 0.29) is 0 Å². The van der Waals surface area contributed by atoms with Crippen LogP contribution < -0.4 is 9.64 Å². The lowest BCUT2D eigenvalue weighted by atomic mass is 10.2. The van der Waals surface area contributed by atoms with E-state index in [4.69, 9.17) is 4.74 Å². The third-order valence-electron chi connectivity index (χ3n) is 8.69. The van der Waals surface area contributed by atoms with Gasteiger partial charge in [0.1, 0.15) is 5.75 Å². The van der Waals surface area contributed by atoms with Crippen LogP contribution in [0, 0.1) is 0 Å². The van der Waals surface area contributed by atoms with Crippen LogP contribution in [0.25, 0.3) is 12.2 Å². The molecule has 0 saturated heterocycles. The van der Waals surface area contributed by atoms with Crippen LogP contribution in [-0.4, -0.2) is 50.6 Å². The highest BCUT2D eigenvalue weighted by Gasteiger charge is 2.57. The second-order valence-electron chi connectivity index (χ2n) is 11.6. The van der Waals surface area contributed by atoms with E-state index < -0.39 is 29.4 Å². The molecule has 0 fully saturated rings. The first kappa shape index (κ1) is 27.6. The fourth-order valence-electron chi connectivity index (χ4n) is 4.24. The van der Waals surface area contributed by atoms with Gasteiger partial charge in [-0.05, 0) is 35.4 Å². The van der Waals surface area contributed by atoms with E-state index in [2.05, 4.69) is 143 Å². The van der Waals surface area contributed by atoms with E-state index in [1.807, 2.05) is 0 Å². The molecule has 180 valence electrons. The van der Waals surface area contributed by atoms with Crippen molar-refractivity contribution >= 4 is 47.2 Å². The van der Waals surface area contributed by atoms with Gasteiger partial charge in [-0.3, -0.25) is 0 Å². The molecule has 0 N–H and O–H groups in total. The third-order valence-corrected chi connectivity index (χ3v) is 75.1. The molecule has 0 aliphatic rings. The third kappa shape index (κ3) is 6.09. The Balaban J connectivity index is 2.28. The summed E-state index contributed by atoms with van der Waals surface area (Å²) in [6.45, 7) is 21.3. The highest BCUT2D eigenvalue weighted by Crippen LogP contribution is 2.37. The number of anilines is 1. The molecule has 0 heterocycles. The lowest BCUT2D eigenvalue weighted by Crippen LogP contribution is -2.78. The van der Waals surface area contributed by atoms with Crippen molar-refractivity contribution in [3.05, 3.63) is 71.1 Å². The standard InChI is InChI=1S/C27H45NOSi4/c1-28(2)26-16-12-24(13-17-26)20-22-30(4,5)32(8,9)33(10,11)31(6,7)23-21-25-14-18-27(29-3)19-15-25/h12-23H,1-11H3/b22-20+,23-21+. The summed E-state index contributed by atoms with van der Waals surface area (Å²) >= 11 is 0. The predicted molar refractivity (Wildman–Crippen MR) is 162 cm³/mol. The summed E-state index contributed by atoms with van der Waals surface area (Å²) < 4.78 is 5.32. The summed E-state index contributed by atoms with van der Waals surface area (Å²) in [5, 5.41) is 0. The molecule has 33 heavy (non-hydrogen) atoms. The van der Waals surface area contributed by atoms with Crippen molar-refractivity contribution in [3.8, 4) is 5.75 Å². The minimum atomic E-state index is -1.53. The summed E-state index contributed by atoms with van der Waals surface area (Å²) in [6, 6.07) is 17.4. The van der Waals surface area contributed by atoms with Gasteiger partial charge in [0.2, 0.25) is 0 Å². The molecule has 2 aromatic carbocycles. The molecule has 0 aromatic heterocycles. The molecule has 0 bridgehead atoms. The Bertz CT molecular complexity index is 972. The Hall–Kier alpha value is -1.61. The number of benzene rings is 2. The Morgan fingerprint density at radius 3 is 1.30 bits per heavy atom. The Labute approximate surface area is 206 Å². The minimum Gasteiger partial charge on any atom is -0.497 e. The maximum absolute atomic E-state index is 5.32. The van der Waals surface area contributed by atoms with Gasteiger partial charge in [-0.15, -0.1) is 0 Å². The van der Waals surface area contributed by atoms with E-state index in [9.17, 15) is 0 Å². The fraction of sp³-hybridized carbons (Fsp3) is 0.407. The molecular formula is C27H45NOSi4. The smallest absolute Gasteiger partial charge is 0.118 e. The van der Waals surface area contributed by atoms with Gasteiger partial charge in [0.25, 0.3) is 0 Å². The van der Waals surface area contributed by atoms with Crippen molar-refractivity contribution in [1.29, 1.82) is 0 Å². The Morgan fingerprint density at radius 1 is 0.606 bits per heavy atom. The first-order valence-corrected chi connectivity index (χ1v) is 27.1. The SMILES string of the molecule is COc1ccc(/C=C/[Si](C)(C)[Si](C)(C)[Si](C)(C)[Si](C)(C)/C=C/c2ccc(N(C)C)cc2)cc1. The minimum absolute atomic E-state index is 0.919. The maximum atomic E-state index is 5.32. The first-order valence-electron chi connectivity index (χ1n) is 11.9.